The van der Waals surface area contributed by atoms with Crippen molar-refractivity contribution in [1.82, 2.24) is 18.7 Å². The number of nitrogens with zero attached hydrogens (tertiary/aromatic N) is 4. The fraction of sp³-hybridized carbons (Fsp3) is 0.615. The van der Waals surface area contributed by atoms with E-state index < -0.39 is 24.0 Å². The predicted octanol–water partition coefficient (Wildman–Crippen LogP) is 1.01. The van der Waals surface area contributed by atoms with Crippen molar-refractivity contribution in [3.63, 3.8) is 0 Å². The molecule has 2 rings (SSSR count). The average Bonchev–Trinajstić information content (AvgIpc) is 2.81. The molecule has 6 nitrogen and oxygen atoms in total. The van der Waals surface area contributed by atoms with Crippen LogP contribution < -0.4 is 11.2 Å². The van der Waals surface area contributed by atoms with Gasteiger partial charge in [0.15, 0.2) is 11.2 Å². The fourth-order valence-electron chi connectivity index (χ4n) is 2.04. The second kappa shape index (κ2) is 5.42. The molecule has 6 heteroatoms. The molecule has 0 aliphatic heterocycles. The van der Waals surface area contributed by atoms with Crippen LogP contribution >= 0.6 is 0 Å². The van der Waals surface area contributed by atoms with Crippen molar-refractivity contribution in [2.75, 3.05) is 0 Å². The number of imidazole rings is 1. The van der Waals surface area contributed by atoms with E-state index in [4.69, 9.17) is 5.48 Å². The van der Waals surface area contributed by atoms with Gasteiger partial charge in [0.25, 0.3) is 5.56 Å². The number of aromatic nitrogens is 4. The number of rotatable bonds is 5. The summed E-state index contributed by atoms with van der Waals surface area (Å²) in [6, 6.07) is 0. The fourth-order valence-corrected chi connectivity index (χ4v) is 2.04. The van der Waals surface area contributed by atoms with Crippen LogP contribution in [0.3, 0.4) is 0 Å². The number of fused-ring (bicyclic) bond motifs is 1. The first-order valence-corrected chi connectivity index (χ1v) is 6.08. The van der Waals surface area contributed by atoms with Gasteiger partial charge in [0.05, 0.1) is 6.33 Å². The highest BCUT2D eigenvalue weighted by atomic mass is 16.2. The van der Waals surface area contributed by atoms with Gasteiger partial charge < -0.3 is 4.57 Å². The van der Waals surface area contributed by atoms with E-state index in [1.165, 1.54) is 29.4 Å². The van der Waals surface area contributed by atoms with Crippen LogP contribution in [0.15, 0.2) is 15.9 Å². The third-order valence-electron chi connectivity index (χ3n) is 3.06. The Hall–Kier alpha value is -1.85. The van der Waals surface area contributed by atoms with Gasteiger partial charge in [0.2, 0.25) is 0 Å². The van der Waals surface area contributed by atoms with E-state index in [-0.39, 0.29) is 19.4 Å². The topological polar surface area (TPSA) is 61.8 Å². The van der Waals surface area contributed by atoms with E-state index in [1.807, 2.05) is 0 Å². The predicted molar refractivity (Wildman–Crippen MR) is 74.4 cm³/mol. The van der Waals surface area contributed by atoms with E-state index in [0.29, 0.717) is 11.2 Å². The Kier molecular flexibility index (Phi) is 2.60. The lowest BCUT2D eigenvalue weighted by Gasteiger charge is -2.08. The molecule has 0 aromatic carbocycles. The van der Waals surface area contributed by atoms with Crippen LogP contribution in [0.4, 0.5) is 0 Å². The molecule has 0 N–H and O–H groups in total. The van der Waals surface area contributed by atoms with Crippen molar-refractivity contribution in [2.45, 2.75) is 39.1 Å². The van der Waals surface area contributed by atoms with E-state index in [0.717, 1.165) is 4.57 Å². The monoisotopic (exact) mass is 268 g/mol. The zero-order chi connectivity index (χ0) is 17.6. The minimum absolute atomic E-state index is 0.0300. The maximum absolute atomic E-state index is 12.5. The molecular weight excluding hydrogens is 244 g/mol. The zero-order valence-corrected chi connectivity index (χ0v) is 11.3. The quantitative estimate of drug-likeness (QED) is 0.813. The molecule has 2 aromatic heterocycles. The summed E-state index contributed by atoms with van der Waals surface area (Å²) in [6.07, 6.45) is -2.47. The highest BCUT2D eigenvalue weighted by Crippen LogP contribution is 2.04. The minimum atomic E-state index is -2.03. The van der Waals surface area contributed by atoms with E-state index >= 15 is 0 Å². The molecule has 0 saturated carbocycles. The largest absolute Gasteiger partial charge is 0.332 e. The Morgan fingerprint density at radius 3 is 2.74 bits per heavy atom. The molecule has 0 saturated heterocycles. The standard InChI is InChI=1S/C13H20N4O2/c1-4-5-6-7-8-17-12(18)10-11(14-9-15(10)2)16(3)13(17)19/h9H,4-8H2,1-3H3/i4D2,5D2. The minimum Gasteiger partial charge on any atom is -0.328 e. The Balaban J connectivity index is 2.33. The Morgan fingerprint density at radius 2 is 2.05 bits per heavy atom. The summed E-state index contributed by atoms with van der Waals surface area (Å²) in [4.78, 5) is 28.8. The van der Waals surface area contributed by atoms with Gasteiger partial charge in [-0.1, -0.05) is 26.1 Å². The molecule has 0 unspecified atom stereocenters. The van der Waals surface area contributed by atoms with Gasteiger partial charge in [0.1, 0.15) is 0 Å². The van der Waals surface area contributed by atoms with Crippen LogP contribution in [0.2, 0.25) is 0 Å². The van der Waals surface area contributed by atoms with Gasteiger partial charge >= 0.3 is 5.69 Å². The van der Waals surface area contributed by atoms with Gasteiger partial charge in [0, 0.05) is 26.1 Å². The summed E-state index contributed by atoms with van der Waals surface area (Å²) in [5, 5.41) is 0. The first-order chi connectivity index (χ1) is 10.5. The molecule has 0 aliphatic rings. The summed E-state index contributed by atoms with van der Waals surface area (Å²) in [6.45, 7) is 1.21. The summed E-state index contributed by atoms with van der Waals surface area (Å²) < 4.78 is 34.3. The highest BCUT2D eigenvalue weighted by Gasteiger charge is 2.14. The maximum Gasteiger partial charge on any atom is 0.332 e. The Morgan fingerprint density at radius 1 is 1.32 bits per heavy atom. The Bertz CT molecular complexity index is 844. The highest BCUT2D eigenvalue weighted by molar-refractivity contribution is 5.69. The molecule has 0 amide bonds. The zero-order valence-electron chi connectivity index (χ0n) is 15.3. The lowest BCUT2D eigenvalue weighted by Crippen LogP contribution is -2.39. The van der Waals surface area contributed by atoms with Gasteiger partial charge in [-0.25, -0.2) is 9.78 Å². The normalized spacial score (nSPS) is 15.9. The lowest BCUT2D eigenvalue weighted by atomic mass is 10.2. The molecular formula is C13H20N4O2. The van der Waals surface area contributed by atoms with E-state index in [1.54, 1.807) is 7.05 Å². The summed E-state index contributed by atoms with van der Waals surface area (Å²) in [5.41, 5.74) is -0.371. The molecule has 2 aromatic rings. The van der Waals surface area contributed by atoms with Gasteiger partial charge in [-0.3, -0.25) is 13.9 Å². The van der Waals surface area contributed by atoms with Crippen molar-refractivity contribution in [1.29, 1.82) is 0 Å². The summed E-state index contributed by atoms with van der Waals surface area (Å²) in [5.74, 6) is 0. The van der Waals surface area contributed by atoms with Crippen LogP contribution in [-0.2, 0) is 20.6 Å². The van der Waals surface area contributed by atoms with Crippen LogP contribution in [0, 0.1) is 0 Å². The number of hydrogen-bond acceptors (Lipinski definition) is 3. The number of hydrogen-bond donors (Lipinski definition) is 0. The van der Waals surface area contributed by atoms with Gasteiger partial charge in [-0.05, 0) is 6.42 Å². The average molecular weight is 268 g/mol. The Labute approximate surface area is 116 Å². The van der Waals surface area contributed by atoms with Crippen LogP contribution in [-0.4, -0.2) is 18.7 Å². The molecule has 0 fully saturated rings. The van der Waals surface area contributed by atoms with Crippen LogP contribution in [0.1, 0.15) is 38.0 Å². The van der Waals surface area contributed by atoms with Gasteiger partial charge in [-0.15, -0.1) is 0 Å². The second-order valence-electron chi connectivity index (χ2n) is 4.36. The smallest absolute Gasteiger partial charge is 0.328 e. The van der Waals surface area contributed by atoms with Crippen LogP contribution in [0.5, 0.6) is 0 Å². The molecule has 0 spiro atoms. The first kappa shape index (κ1) is 9.12. The van der Waals surface area contributed by atoms with Crippen molar-refractivity contribution >= 4 is 11.2 Å². The third kappa shape index (κ3) is 2.34. The van der Waals surface area contributed by atoms with E-state index in [2.05, 4.69) is 4.98 Å². The molecule has 19 heavy (non-hydrogen) atoms. The summed E-state index contributed by atoms with van der Waals surface area (Å²) >= 11 is 0. The first-order valence-electron chi connectivity index (χ1n) is 8.08. The van der Waals surface area contributed by atoms with Crippen molar-refractivity contribution in [3.8, 4) is 0 Å². The molecule has 0 bridgehead atoms. The maximum atomic E-state index is 12.5. The SMILES string of the molecule is [2H]C([2H])(C)C([2H])([2H])CCCn1c(=O)c2c(ncn2C)n(C)c1=O. The molecule has 0 atom stereocenters. The van der Waals surface area contributed by atoms with Gasteiger partial charge in [-0.2, -0.15) is 0 Å². The van der Waals surface area contributed by atoms with Crippen molar-refractivity contribution < 1.29 is 5.48 Å². The third-order valence-corrected chi connectivity index (χ3v) is 3.06. The molecule has 0 aliphatic carbocycles. The molecule has 104 valence electrons. The van der Waals surface area contributed by atoms with E-state index in [9.17, 15) is 9.59 Å². The van der Waals surface area contributed by atoms with Crippen LogP contribution in [0.25, 0.3) is 11.2 Å². The lowest BCUT2D eigenvalue weighted by molar-refractivity contribution is 0.539. The van der Waals surface area contributed by atoms with Crippen molar-refractivity contribution in [3.05, 3.63) is 27.2 Å². The number of aryl methyl sites for hydroxylation is 2. The molecule has 0 radical (unpaired) electrons. The molecule has 2 heterocycles. The van der Waals surface area contributed by atoms with Crippen molar-refractivity contribution in [2.24, 2.45) is 14.1 Å². The second-order valence-corrected chi connectivity index (χ2v) is 4.36. The summed E-state index contributed by atoms with van der Waals surface area (Å²) in [7, 11) is 3.19.